The average molecular weight is 340 g/mol. The molecule has 0 unspecified atom stereocenters. The van der Waals surface area contributed by atoms with Gasteiger partial charge >= 0.3 is 0 Å². The fraction of sp³-hybridized carbons (Fsp3) is 0.167. The number of carbonyl (C=O) groups is 1. The van der Waals surface area contributed by atoms with Crippen LogP contribution in [0.2, 0.25) is 0 Å². The molecule has 0 fully saturated rings. The maximum atomic E-state index is 13.8. The molecule has 1 aromatic carbocycles. The largest absolute Gasteiger partial charge is 0.321 e. The van der Waals surface area contributed by atoms with Gasteiger partial charge in [-0.15, -0.1) is 0 Å². The molecule has 1 amide bonds. The van der Waals surface area contributed by atoms with Gasteiger partial charge in [0.15, 0.2) is 0 Å². The lowest BCUT2D eigenvalue weighted by molar-refractivity contribution is 0.102. The van der Waals surface area contributed by atoms with Crippen LogP contribution in [-0.4, -0.2) is 20.3 Å². The minimum Gasteiger partial charge on any atom is -0.321 e. The zero-order valence-corrected chi connectivity index (χ0v) is 13.6. The molecule has 128 valence electrons. The highest BCUT2D eigenvalue weighted by Crippen LogP contribution is 2.13. The second kappa shape index (κ2) is 7.12. The number of halogens is 1. The normalized spacial score (nSPS) is 10.6. The summed E-state index contributed by atoms with van der Waals surface area (Å²) < 4.78 is 16.6. The van der Waals surface area contributed by atoms with E-state index in [0.717, 1.165) is 6.42 Å². The molecule has 25 heavy (non-hydrogen) atoms. The van der Waals surface area contributed by atoms with Crippen molar-refractivity contribution >= 4 is 11.6 Å². The second-order valence-electron chi connectivity index (χ2n) is 5.53. The molecule has 0 bridgehead atoms. The zero-order valence-electron chi connectivity index (χ0n) is 13.6. The summed E-state index contributed by atoms with van der Waals surface area (Å²) in [6.45, 7) is 2.54. The summed E-state index contributed by atoms with van der Waals surface area (Å²) in [4.78, 5) is 24.1. The number of hydrogen-bond donors (Lipinski definition) is 1. The molecule has 0 aliphatic heterocycles. The Balaban J connectivity index is 1.80. The van der Waals surface area contributed by atoms with Crippen LogP contribution in [-0.2, 0) is 6.54 Å². The van der Waals surface area contributed by atoms with Gasteiger partial charge in [-0.05, 0) is 24.6 Å². The first-order valence-electron chi connectivity index (χ1n) is 7.90. The Hall–Kier alpha value is -3.22. The van der Waals surface area contributed by atoms with Crippen molar-refractivity contribution < 1.29 is 9.18 Å². The summed E-state index contributed by atoms with van der Waals surface area (Å²) in [6, 6.07) is 9.14. The summed E-state index contributed by atoms with van der Waals surface area (Å²) in [5.41, 5.74) is 0.943. The number of aryl methyl sites for hydroxylation is 1. The predicted octanol–water partition coefficient (Wildman–Crippen LogP) is 2.84. The summed E-state index contributed by atoms with van der Waals surface area (Å²) in [6.07, 6.45) is 5.23. The van der Waals surface area contributed by atoms with Gasteiger partial charge in [-0.1, -0.05) is 19.1 Å². The number of aromatic nitrogens is 3. The lowest BCUT2D eigenvalue weighted by Gasteiger charge is -2.08. The van der Waals surface area contributed by atoms with Gasteiger partial charge in [-0.25, -0.2) is 9.07 Å². The summed E-state index contributed by atoms with van der Waals surface area (Å²) in [5, 5.41) is 6.75. The van der Waals surface area contributed by atoms with Crippen LogP contribution in [0.25, 0.3) is 5.69 Å². The highest BCUT2D eigenvalue weighted by Gasteiger charge is 2.12. The minimum absolute atomic E-state index is 0.118. The van der Waals surface area contributed by atoms with Crippen molar-refractivity contribution in [1.29, 1.82) is 0 Å². The van der Waals surface area contributed by atoms with Gasteiger partial charge < -0.3 is 9.88 Å². The van der Waals surface area contributed by atoms with Crippen LogP contribution < -0.4 is 10.9 Å². The number of carbonyl (C=O) groups excluding carboxylic acids is 1. The standard InChI is InChI=1S/C18H17FN4O2/c1-2-9-22-12-14(7-8-17(22)24)21-18(25)13-10-20-23(11-13)16-6-4-3-5-15(16)19/h3-8,10-12H,2,9H2,1H3,(H,21,25). The second-order valence-corrected chi connectivity index (χ2v) is 5.53. The van der Waals surface area contributed by atoms with Crippen LogP contribution >= 0.6 is 0 Å². The maximum Gasteiger partial charge on any atom is 0.258 e. The molecule has 0 saturated heterocycles. The van der Waals surface area contributed by atoms with Crippen molar-refractivity contribution in [3.05, 3.63) is 76.7 Å². The van der Waals surface area contributed by atoms with Crippen LogP contribution in [0.3, 0.4) is 0 Å². The van der Waals surface area contributed by atoms with E-state index in [1.165, 1.54) is 29.2 Å². The molecule has 0 saturated carbocycles. The highest BCUT2D eigenvalue weighted by molar-refractivity contribution is 6.03. The Kier molecular flexibility index (Phi) is 4.74. The molecule has 0 aliphatic carbocycles. The first-order valence-corrected chi connectivity index (χ1v) is 7.90. The van der Waals surface area contributed by atoms with Gasteiger partial charge in [0.05, 0.1) is 17.4 Å². The first kappa shape index (κ1) is 16.6. The average Bonchev–Trinajstić information content (AvgIpc) is 3.08. The smallest absolute Gasteiger partial charge is 0.258 e. The number of nitrogens with zero attached hydrogens (tertiary/aromatic N) is 3. The molecule has 7 heteroatoms. The number of amides is 1. The molecule has 2 heterocycles. The van der Waals surface area contributed by atoms with Gasteiger partial charge in [0.25, 0.3) is 11.5 Å². The Morgan fingerprint density at radius 1 is 1.20 bits per heavy atom. The van der Waals surface area contributed by atoms with Crippen LogP contribution in [0.15, 0.2) is 59.8 Å². The molecular formula is C18H17FN4O2. The number of hydrogen-bond acceptors (Lipinski definition) is 3. The van der Waals surface area contributed by atoms with Crippen molar-refractivity contribution in [1.82, 2.24) is 14.3 Å². The number of nitrogens with one attached hydrogen (secondary N) is 1. The SMILES string of the molecule is CCCn1cc(NC(=O)c2cnn(-c3ccccc3F)c2)ccc1=O. The van der Waals surface area contributed by atoms with Crippen LogP contribution in [0.1, 0.15) is 23.7 Å². The third-order valence-electron chi connectivity index (χ3n) is 3.65. The van der Waals surface area contributed by atoms with Crippen molar-refractivity contribution in [3.8, 4) is 5.69 Å². The molecule has 0 atom stereocenters. The minimum atomic E-state index is -0.427. The van der Waals surface area contributed by atoms with Gasteiger partial charge in [0.2, 0.25) is 0 Å². The van der Waals surface area contributed by atoms with Crippen LogP contribution in [0, 0.1) is 5.82 Å². The molecule has 1 N–H and O–H groups in total. The summed E-state index contributed by atoms with van der Waals surface area (Å²) in [5.74, 6) is -0.812. The van der Waals surface area contributed by atoms with Crippen molar-refractivity contribution in [2.75, 3.05) is 5.32 Å². The number of rotatable bonds is 5. The number of para-hydroxylation sites is 1. The summed E-state index contributed by atoms with van der Waals surface area (Å²) >= 11 is 0. The van der Waals surface area contributed by atoms with E-state index in [4.69, 9.17) is 0 Å². The summed E-state index contributed by atoms with van der Waals surface area (Å²) in [7, 11) is 0. The molecule has 0 spiro atoms. The Labute approximate surface area is 143 Å². The molecule has 3 rings (SSSR count). The quantitative estimate of drug-likeness (QED) is 0.776. The lowest BCUT2D eigenvalue weighted by atomic mass is 10.3. The van der Waals surface area contributed by atoms with Gasteiger partial charge in [-0.3, -0.25) is 9.59 Å². The molecule has 0 radical (unpaired) electrons. The fourth-order valence-electron chi connectivity index (χ4n) is 2.43. The van der Waals surface area contributed by atoms with Crippen molar-refractivity contribution in [2.24, 2.45) is 0 Å². The van der Waals surface area contributed by atoms with Crippen LogP contribution in [0.5, 0.6) is 0 Å². The molecular weight excluding hydrogens is 323 g/mol. The van der Waals surface area contributed by atoms with Crippen molar-refractivity contribution in [3.63, 3.8) is 0 Å². The molecule has 0 aliphatic rings. The predicted molar refractivity (Wildman–Crippen MR) is 92.5 cm³/mol. The van der Waals surface area contributed by atoms with E-state index in [0.29, 0.717) is 12.2 Å². The van der Waals surface area contributed by atoms with E-state index < -0.39 is 5.82 Å². The first-order chi connectivity index (χ1) is 12.1. The molecule has 6 nitrogen and oxygen atoms in total. The topological polar surface area (TPSA) is 68.9 Å². The third kappa shape index (κ3) is 3.65. The number of pyridine rings is 1. The van der Waals surface area contributed by atoms with Crippen molar-refractivity contribution in [2.45, 2.75) is 19.9 Å². The maximum absolute atomic E-state index is 13.8. The van der Waals surface area contributed by atoms with E-state index >= 15 is 0 Å². The van der Waals surface area contributed by atoms with Gasteiger partial charge in [-0.2, -0.15) is 5.10 Å². The molecule has 3 aromatic rings. The van der Waals surface area contributed by atoms with Crippen LogP contribution in [0.4, 0.5) is 10.1 Å². The number of benzene rings is 1. The van der Waals surface area contributed by atoms with Gasteiger partial charge in [0, 0.05) is 25.0 Å². The number of anilines is 1. The van der Waals surface area contributed by atoms with E-state index in [9.17, 15) is 14.0 Å². The van der Waals surface area contributed by atoms with E-state index in [1.807, 2.05) is 6.92 Å². The Morgan fingerprint density at radius 3 is 2.76 bits per heavy atom. The Bertz CT molecular complexity index is 961. The third-order valence-corrected chi connectivity index (χ3v) is 3.65. The van der Waals surface area contributed by atoms with E-state index in [2.05, 4.69) is 10.4 Å². The zero-order chi connectivity index (χ0) is 17.8. The fourth-order valence-corrected chi connectivity index (χ4v) is 2.43. The van der Waals surface area contributed by atoms with E-state index in [-0.39, 0.29) is 22.7 Å². The highest BCUT2D eigenvalue weighted by atomic mass is 19.1. The van der Waals surface area contributed by atoms with E-state index in [1.54, 1.807) is 35.0 Å². The Morgan fingerprint density at radius 2 is 2.00 bits per heavy atom. The lowest BCUT2D eigenvalue weighted by Crippen LogP contribution is -2.20. The van der Waals surface area contributed by atoms with Gasteiger partial charge in [0.1, 0.15) is 11.5 Å². The monoisotopic (exact) mass is 340 g/mol. The molecule has 2 aromatic heterocycles.